The van der Waals surface area contributed by atoms with Gasteiger partial charge in [0.25, 0.3) is 0 Å². The third-order valence-electron chi connectivity index (χ3n) is 3.36. The lowest BCUT2D eigenvalue weighted by atomic mass is 10.0. The van der Waals surface area contributed by atoms with Gasteiger partial charge in [0.1, 0.15) is 5.82 Å². The van der Waals surface area contributed by atoms with Crippen molar-refractivity contribution in [2.24, 2.45) is 5.92 Å². The molecular weight excluding hydrogens is 280 g/mol. The Kier molecular flexibility index (Phi) is 4.20. The highest BCUT2D eigenvalue weighted by Crippen LogP contribution is 2.27. The first kappa shape index (κ1) is 12.6. The SMILES string of the molecule is CC1CCCC(Nc2nc(N)ncc2Br)CC1. The summed E-state index contributed by atoms with van der Waals surface area (Å²) >= 11 is 3.45. The molecule has 0 spiro atoms. The lowest BCUT2D eigenvalue weighted by Crippen LogP contribution is -2.20. The van der Waals surface area contributed by atoms with E-state index in [-0.39, 0.29) is 0 Å². The van der Waals surface area contributed by atoms with Gasteiger partial charge in [0, 0.05) is 12.2 Å². The number of nitrogens with zero attached hydrogens (tertiary/aromatic N) is 2. The number of hydrogen-bond donors (Lipinski definition) is 2. The van der Waals surface area contributed by atoms with Gasteiger partial charge in [0.15, 0.2) is 0 Å². The molecule has 0 radical (unpaired) electrons. The second-order valence-corrected chi connectivity index (χ2v) is 5.73. The maximum absolute atomic E-state index is 5.60. The quantitative estimate of drug-likeness (QED) is 0.823. The van der Waals surface area contributed by atoms with Crippen molar-refractivity contribution in [3.63, 3.8) is 0 Å². The van der Waals surface area contributed by atoms with Crippen LogP contribution in [0.2, 0.25) is 0 Å². The van der Waals surface area contributed by atoms with Crippen molar-refractivity contribution in [1.29, 1.82) is 0 Å². The van der Waals surface area contributed by atoms with Crippen LogP contribution in [0.25, 0.3) is 0 Å². The van der Waals surface area contributed by atoms with Gasteiger partial charge in [-0.2, -0.15) is 4.98 Å². The van der Waals surface area contributed by atoms with Crippen molar-refractivity contribution >= 4 is 27.7 Å². The van der Waals surface area contributed by atoms with Crippen LogP contribution in [0.5, 0.6) is 0 Å². The predicted molar refractivity (Wildman–Crippen MR) is 73.8 cm³/mol. The van der Waals surface area contributed by atoms with E-state index < -0.39 is 0 Å². The van der Waals surface area contributed by atoms with E-state index >= 15 is 0 Å². The van der Waals surface area contributed by atoms with E-state index in [1.54, 1.807) is 6.20 Å². The molecule has 0 aliphatic heterocycles. The number of anilines is 2. The van der Waals surface area contributed by atoms with Gasteiger partial charge in [-0.15, -0.1) is 0 Å². The lowest BCUT2D eigenvalue weighted by Gasteiger charge is -2.17. The maximum Gasteiger partial charge on any atom is 0.221 e. The largest absolute Gasteiger partial charge is 0.368 e. The molecule has 94 valence electrons. The molecule has 2 atom stereocenters. The summed E-state index contributed by atoms with van der Waals surface area (Å²) in [4.78, 5) is 8.17. The van der Waals surface area contributed by atoms with Crippen LogP contribution >= 0.6 is 15.9 Å². The monoisotopic (exact) mass is 298 g/mol. The Balaban J connectivity index is 2.02. The molecule has 1 fully saturated rings. The number of nitrogens with one attached hydrogen (secondary N) is 1. The van der Waals surface area contributed by atoms with Crippen LogP contribution < -0.4 is 11.1 Å². The fraction of sp³-hybridized carbons (Fsp3) is 0.667. The molecule has 0 amide bonds. The van der Waals surface area contributed by atoms with Crippen LogP contribution in [0.1, 0.15) is 39.0 Å². The molecule has 1 saturated carbocycles. The molecule has 2 unspecified atom stereocenters. The number of hydrogen-bond acceptors (Lipinski definition) is 4. The first-order valence-electron chi connectivity index (χ1n) is 6.19. The molecule has 5 heteroatoms. The molecule has 1 aliphatic rings. The van der Waals surface area contributed by atoms with E-state index in [0.29, 0.717) is 12.0 Å². The Morgan fingerprint density at radius 3 is 3.00 bits per heavy atom. The molecule has 0 saturated heterocycles. The Morgan fingerprint density at radius 2 is 2.18 bits per heavy atom. The minimum Gasteiger partial charge on any atom is -0.368 e. The minimum atomic E-state index is 0.317. The number of rotatable bonds is 2. The van der Waals surface area contributed by atoms with Gasteiger partial charge in [-0.25, -0.2) is 4.98 Å². The highest BCUT2D eigenvalue weighted by molar-refractivity contribution is 9.10. The van der Waals surface area contributed by atoms with Crippen molar-refractivity contribution in [3.05, 3.63) is 10.7 Å². The van der Waals surface area contributed by atoms with Gasteiger partial charge in [0.05, 0.1) is 4.47 Å². The summed E-state index contributed by atoms with van der Waals surface area (Å²) < 4.78 is 0.879. The Bertz CT molecular complexity index is 383. The Hall–Kier alpha value is -0.840. The molecule has 4 nitrogen and oxygen atoms in total. The van der Waals surface area contributed by atoms with Crippen molar-refractivity contribution in [2.75, 3.05) is 11.1 Å². The predicted octanol–water partition coefficient (Wildman–Crippen LogP) is 3.20. The molecule has 1 aliphatic carbocycles. The zero-order chi connectivity index (χ0) is 12.3. The first-order valence-corrected chi connectivity index (χ1v) is 6.99. The molecule has 0 aromatic carbocycles. The molecule has 17 heavy (non-hydrogen) atoms. The standard InChI is InChI=1S/C12H19BrN4/c1-8-3-2-4-9(6-5-8)16-11-10(13)7-15-12(14)17-11/h7-9H,2-6H2,1H3,(H3,14,15,16,17). The van der Waals surface area contributed by atoms with Crippen LogP contribution in [-0.4, -0.2) is 16.0 Å². The number of halogens is 1. The van der Waals surface area contributed by atoms with E-state index in [2.05, 4.69) is 38.1 Å². The van der Waals surface area contributed by atoms with Gasteiger partial charge in [-0.1, -0.05) is 19.8 Å². The van der Waals surface area contributed by atoms with Crippen LogP contribution in [0.15, 0.2) is 10.7 Å². The van der Waals surface area contributed by atoms with E-state index in [4.69, 9.17) is 5.73 Å². The topological polar surface area (TPSA) is 63.8 Å². The van der Waals surface area contributed by atoms with Gasteiger partial charge in [-0.3, -0.25) is 0 Å². The summed E-state index contributed by atoms with van der Waals surface area (Å²) in [7, 11) is 0. The molecule has 1 heterocycles. The van der Waals surface area contributed by atoms with Gasteiger partial charge >= 0.3 is 0 Å². The smallest absolute Gasteiger partial charge is 0.221 e. The van der Waals surface area contributed by atoms with E-state index in [1.165, 1.54) is 32.1 Å². The van der Waals surface area contributed by atoms with Crippen molar-refractivity contribution in [1.82, 2.24) is 9.97 Å². The highest BCUT2D eigenvalue weighted by atomic mass is 79.9. The highest BCUT2D eigenvalue weighted by Gasteiger charge is 2.17. The lowest BCUT2D eigenvalue weighted by molar-refractivity contribution is 0.502. The van der Waals surface area contributed by atoms with Crippen LogP contribution in [0, 0.1) is 5.92 Å². The summed E-state index contributed by atoms with van der Waals surface area (Å²) in [5.74, 6) is 1.98. The number of nitrogens with two attached hydrogens (primary N) is 1. The number of nitrogen functional groups attached to an aromatic ring is 1. The van der Waals surface area contributed by atoms with Gasteiger partial charge < -0.3 is 11.1 Å². The summed E-state index contributed by atoms with van der Waals surface area (Å²) in [6.07, 6.45) is 8.03. The minimum absolute atomic E-state index is 0.317. The average molecular weight is 299 g/mol. The third kappa shape index (κ3) is 3.56. The zero-order valence-electron chi connectivity index (χ0n) is 10.1. The van der Waals surface area contributed by atoms with E-state index in [1.807, 2.05) is 0 Å². The molecule has 2 rings (SSSR count). The fourth-order valence-electron chi connectivity index (χ4n) is 2.31. The van der Waals surface area contributed by atoms with Crippen molar-refractivity contribution in [2.45, 2.75) is 45.1 Å². The Labute approximate surface area is 111 Å². The van der Waals surface area contributed by atoms with Gasteiger partial charge in [0.2, 0.25) is 5.95 Å². The average Bonchev–Trinajstić information content (AvgIpc) is 2.49. The van der Waals surface area contributed by atoms with E-state index in [9.17, 15) is 0 Å². The molecule has 3 N–H and O–H groups in total. The summed E-state index contributed by atoms with van der Waals surface area (Å²) in [5, 5.41) is 3.47. The van der Waals surface area contributed by atoms with Crippen LogP contribution in [-0.2, 0) is 0 Å². The van der Waals surface area contributed by atoms with Crippen LogP contribution in [0.3, 0.4) is 0 Å². The number of aromatic nitrogens is 2. The normalized spacial score (nSPS) is 25.3. The molecular formula is C12H19BrN4. The maximum atomic E-state index is 5.60. The zero-order valence-corrected chi connectivity index (χ0v) is 11.7. The molecule has 1 aromatic heterocycles. The summed E-state index contributed by atoms with van der Waals surface area (Å²) in [6, 6.07) is 0.505. The van der Waals surface area contributed by atoms with Crippen molar-refractivity contribution in [3.8, 4) is 0 Å². The van der Waals surface area contributed by atoms with Crippen LogP contribution in [0.4, 0.5) is 11.8 Å². The molecule has 1 aromatic rings. The second kappa shape index (κ2) is 5.67. The van der Waals surface area contributed by atoms with Crippen molar-refractivity contribution < 1.29 is 0 Å². The Morgan fingerprint density at radius 1 is 1.35 bits per heavy atom. The second-order valence-electron chi connectivity index (χ2n) is 4.88. The van der Waals surface area contributed by atoms with E-state index in [0.717, 1.165) is 16.2 Å². The first-order chi connectivity index (χ1) is 8.15. The van der Waals surface area contributed by atoms with Gasteiger partial charge in [-0.05, 0) is 41.1 Å². The molecule has 0 bridgehead atoms. The summed E-state index contributed by atoms with van der Waals surface area (Å²) in [6.45, 7) is 2.33. The fourth-order valence-corrected chi connectivity index (χ4v) is 2.61. The summed E-state index contributed by atoms with van der Waals surface area (Å²) in [5.41, 5.74) is 5.60. The third-order valence-corrected chi connectivity index (χ3v) is 3.94.